The third-order valence-corrected chi connectivity index (χ3v) is 3.53. The van der Waals surface area contributed by atoms with E-state index in [0.29, 0.717) is 6.42 Å². The van der Waals surface area contributed by atoms with Crippen molar-refractivity contribution in [2.75, 3.05) is 0 Å². The van der Waals surface area contributed by atoms with Crippen LogP contribution in [0.2, 0.25) is 0 Å². The molecule has 114 valence electrons. The van der Waals surface area contributed by atoms with Gasteiger partial charge in [0.15, 0.2) is 0 Å². The van der Waals surface area contributed by atoms with Gasteiger partial charge >= 0.3 is 0 Å². The van der Waals surface area contributed by atoms with Crippen molar-refractivity contribution in [1.82, 2.24) is 5.32 Å². The normalized spacial score (nSPS) is 14.9. The zero-order valence-electron chi connectivity index (χ0n) is 13.1. The van der Waals surface area contributed by atoms with Gasteiger partial charge in [-0.2, -0.15) is 0 Å². The summed E-state index contributed by atoms with van der Waals surface area (Å²) < 4.78 is 0. The second-order valence-corrected chi connectivity index (χ2v) is 5.72. The molecule has 3 nitrogen and oxygen atoms in total. The zero-order chi connectivity index (χ0) is 14.6. The van der Waals surface area contributed by atoms with Gasteiger partial charge in [0.1, 0.15) is 0 Å². The lowest BCUT2D eigenvalue weighted by molar-refractivity contribution is -0.126. The molecule has 0 fully saturated rings. The Balaban J connectivity index is 0.00000361. The molecule has 4 heteroatoms. The van der Waals surface area contributed by atoms with E-state index in [1.54, 1.807) is 6.92 Å². The fourth-order valence-corrected chi connectivity index (χ4v) is 2.38. The largest absolute Gasteiger partial charge is 0.348 e. The minimum Gasteiger partial charge on any atom is -0.348 e. The molecule has 0 spiro atoms. The van der Waals surface area contributed by atoms with E-state index in [1.807, 2.05) is 13.8 Å². The molecule has 0 saturated heterocycles. The summed E-state index contributed by atoms with van der Waals surface area (Å²) in [6, 6.07) is 6.25. The van der Waals surface area contributed by atoms with Crippen molar-refractivity contribution in [3.05, 3.63) is 34.9 Å². The Morgan fingerprint density at radius 1 is 1.40 bits per heavy atom. The number of hydrogen-bond donors (Lipinski definition) is 2. The molecule has 3 N–H and O–H groups in total. The van der Waals surface area contributed by atoms with Crippen LogP contribution in [0.1, 0.15) is 56.3 Å². The summed E-state index contributed by atoms with van der Waals surface area (Å²) in [5.41, 5.74) is 8.83. The summed E-state index contributed by atoms with van der Waals surface area (Å²) in [6.07, 6.45) is 1.59. The van der Waals surface area contributed by atoms with Gasteiger partial charge in [0, 0.05) is 0 Å². The van der Waals surface area contributed by atoms with Gasteiger partial charge in [-0.1, -0.05) is 37.1 Å². The number of halogens is 1. The molecule has 0 aliphatic rings. The van der Waals surface area contributed by atoms with Crippen LogP contribution in [-0.2, 0) is 4.79 Å². The standard InChI is InChI=1S/C16H26N2O.ClH/c1-6-9-16(5,17)15(19)18-13(4)14-8-7-11(2)10-12(14)3;/h7-8,10,13H,6,9,17H2,1-5H3,(H,18,19);1H. The molecule has 0 radical (unpaired) electrons. The number of nitrogens with one attached hydrogen (secondary N) is 1. The first-order valence-corrected chi connectivity index (χ1v) is 6.95. The molecule has 2 atom stereocenters. The SMILES string of the molecule is CCCC(C)(N)C(=O)NC(C)c1ccc(C)cc1C.Cl. The number of rotatable bonds is 5. The molecule has 1 aromatic rings. The Labute approximate surface area is 128 Å². The first-order chi connectivity index (χ1) is 8.77. The Hall–Kier alpha value is -1.06. The lowest BCUT2D eigenvalue weighted by Gasteiger charge is -2.26. The summed E-state index contributed by atoms with van der Waals surface area (Å²) in [4.78, 5) is 12.2. The highest BCUT2D eigenvalue weighted by atomic mass is 35.5. The van der Waals surface area contributed by atoms with Gasteiger partial charge in [0.2, 0.25) is 5.91 Å². The van der Waals surface area contributed by atoms with Crippen molar-refractivity contribution in [1.29, 1.82) is 0 Å². The first kappa shape index (κ1) is 18.9. The smallest absolute Gasteiger partial charge is 0.240 e. The topological polar surface area (TPSA) is 55.1 Å². The van der Waals surface area contributed by atoms with E-state index in [4.69, 9.17) is 5.73 Å². The summed E-state index contributed by atoms with van der Waals surface area (Å²) in [5, 5.41) is 3.02. The number of carbonyl (C=O) groups is 1. The highest BCUT2D eigenvalue weighted by Gasteiger charge is 2.28. The minimum absolute atomic E-state index is 0. The summed E-state index contributed by atoms with van der Waals surface area (Å²) in [6.45, 7) is 9.96. The van der Waals surface area contributed by atoms with Gasteiger partial charge in [0.05, 0.1) is 11.6 Å². The van der Waals surface area contributed by atoms with Gasteiger partial charge in [-0.25, -0.2) is 0 Å². The lowest BCUT2D eigenvalue weighted by Crippen LogP contribution is -2.52. The maximum atomic E-state index is 12.2. The Morgan fingerprint density at radius 3 is 2.50 bits per heavy atom. The third kappa shape index (κ3) is 4.80. The minimum atomic E-state index is -0.790. The molecule has 0 saturated carbocycles. The maximum Gasteiger partial charge on any atom is 0.240 e. The van der Waals surface area contributed by atoms with Crippen LogP contribution >= 0.6 is 12.4 Å². The van der Waals surface area contributed by atoms with E-state index in [1.165, 1.54) is 11.1 Å². The van der Waals surface area contributed by atoms with Crippen LogP contribution in [0, 0.1) is 13.8 Å². The van der Waals surface area contributed by atoms with Crippen LogP contribution < -0.4 is 11.1 Å². The van der Waals surface area contributed by atoms with Crippen LogP contribution in [0.3, 0.4) is 0 Å². The van der Waals surface area contributed by atoms with E-state index < -0.39 is 5.54 Å². The molecule has 1 amide bonds. The van der Waals surface area contributed by atoms with Gasteiger partial charge in [-0.15, -0.1) is 12.4 Å². The second-order valence-electron chi connectivity index (χ2n) is 5.72. The quantitative estimate of drug-likeness (QED) is 0.875. The molecule has 0 aromatic heterocycles. The average Bonchev–Trinajstić information content (AvgIpc) is 2.28. The fourth-order valence-electron chi connectivity index (χ4n) is 2.38. The summed E-state index contributed by atoms with van der Waals surface area (Å²) >= 11 is 0. The van der Waals surface area contributed by atoms with Crippen molar-refractivity contribution in [3.63, 3.8) is 0 Å². The Bertz CT molecular complexity index is 458. The first-order valence-electron chi connectivity index (χ1n) is 6.95. The summed E-state index contributed by atoms with van der Waals surface area (Å²) in [7, 11) is 0. The van der Waals surface area contributed by atoms with E-state index in [-0.39, 0.29) is 24.4 Å². The van der Waals surface area contributed by atoms with Crippen molar-refractivity contribution in [2.45, 2.75) is 59.0 Å². The fraction of sp³-hybridized carbons (Fsp3) is 0.562. The molecular weight excluding hydrogens is 272 g/mol. The van der Waals surface area contributed by atoms with Gasteiger partial charge in [0.25, 0.3) is 0 Å². The third-order valence-electron chi connectivity index (χ3n) is 3.53. The summed E-state index contributed by atoms with van der Waals surface area (Å²) in [5.74, 6) is -0.0816. The predicted molar refractivity (Wildman–Crippen MR) is 87.2 cm³/mol. The Morgan fingerprint density at radius 2 is 2.00 bits per heavy atom. The highest BCUT2D eigenvalue weighted by Crippen LogP contribution is 2.20. The lowest BCUT2D eigenvalue weighted by atomic mass is 9.94. The molecule has 1 aromatic carbocycles. The second kappa shape index (κ2) is 7.65. The molecule has 0 heterocycles. The number of aryl methyl sites for hydroxylation is 2. The van der Waals surface area contributed by atoms with Crippen LogP contribution in [0.5, 0.6) is 0 Å². The molecular formula is C16H27ClN2O. The van der Waals surface area contributed by atoms with Crippen LogP contribution in [-0.4, -0.2) is 11.4 Å². The molecule has 1 rings (SSSR count). The molecule has 0 bridgehead atoms. The number of carbonyl (C=O) groups excluding carboxylic acids is 1. The molecule has 0 aliphatic heterocycles. The van der Waals surface area contributed by atoms with Crippen LogP contribution in [0.4, 0.5) is 0 Å². The number of nitrogens with two attached hydrogens (primary N) is 1. The average molecular weight is 299 g/mol. The number of amides is 1. The van der Waals surface area contributed by atoms with E-state index in [2.05, 4.69) is 37.4 Å². The van der Waals surface area contributed by atoms with Crippen molar-refractivity contribution < 1.29 is 4.79 Å². The molecule has 2 unspecified atom stereocenters. The molecule has 0 aliphatic carbocycles. The van der Waals surface area contributed by atoms with E-state index in [9.17, 15) is 4.79 Å². The Kier molecular flexibility index (Phi) is 7.25. The molecule has 20 heavy (non-hydrogen) atoms. The van der Waals surface area contributed by atoms with Crippen molar-refractivity contribution >= 4 is 18.3 Å². The van der Waals surface area contributed by atoms with Crippen LogP contribution in [0.25, 0.3) is 0 Å². The number of benzene rings is 1. The monoisotopic (exact) mass is 298 g/mol. The van der Waals surface area contributed by atoms with Gasteiger partial charge in [-0.05, 0) is 45.2 Å². The van der Waals surface area contributed by atoms with Gasteiger partial charge in [-0.3, -0.25) is 4.79 Å². The predicted octanol–water partition coefficient (Wildman–Crippen LogP) is 3.42. The maximum absolute atomic E-state index is 12.2. The van der Waals surface area contributed by atoms with E-state index in [0.717, 1.165) is 12.0 Å². The number of hydrogen-bond acceptors (Lipinski definition) is 2. The van der Waals surface area contributed by atoms with Crippen LogP contribution in [0.15, 0.2) is 18.2 Å². The van der Waals surface area contributed by atoms with Gasteiger partial charge < -0.3 is 11.1 Å². The van der Waals surface area contributed by atoms with E-state index >= 15 is 0 Å². The highest BCUT2D eigenvalue weighted by molar-refractivity contribution is 5.86. The zero-order valence-corrected chi connectivity index (χ0v) is 13.9. The van der Waals surface area contributed by atoms with Crippen molar-refractivity contribution in [2.24, 2.45) is 5.73 Å². The van der Waals surface area contributed by atoms with Crippen molar-refractivity contribution in [3.8, 4) is 0 Å².